The summed E-state index contributed by atoms with van der Waals surface area (Å²) in [6, 6.07) is 2.70. The number of nitro groups is 1. The van der Waals surface area contributed by atoms with Crippen LogP contribution in [-0.4, -0.2) is 39.3 Å². The zero-order chi connectivity index (χ0) is 15.3. The molecule has 0 spiro atoms. The molecule has 1 aromatic rings. The van der Waals surface area contributed by atoms with Gasteiger partial charge in [-0.1, -0.05) is 0 Å². The second-order valence-corrected chi connectivity index (χ2v) is 3.96. The Kier molecular flexibility index (Phi) is 4.98. The van der Waals surface area contributed by atoms with Crippen molar-refractivity contribution in [3.8, 4) is 0 Å². The maximum atomic E-state index is 11.5. The highest BCUT2D eigenvalue weighted by molar-refractivity contribution is 5.92. The van der Waals surface area contributed by atoms with E-state index in [9.17, 15) is 24.8 Å². The van der Waals surface area contributed by atoms with Crippen molar-refractivity contribution in [2.75, 3.05) is 5.32 Å². The number of carbonyl (C=O) groups excluding carboxylic acids is 1. The Morgan fingerprint density at radius 3 is 2.25 bits per heavy atom. The predicted octanol–water partition coefficient (Wildman–Crippen LogP) is 0.550. The SMILES string of the molecule is C[C@@H](O)[C@H](NC(=O)Nc1ccc([N+](=O)[O-])cc1)C(=O)O. The van der Waals surface area contributed by atoms with Crippen LogP contribution in [0.5, 0.6) is 0 Å². The third-order valence-corrected chi connectivity index (χ3v) is 2.37. The van der Waals surface area contributed by atoms with E-state index >= 15 is 0 Å². The first-order valence-electron chi connectivity index (χ1n) is 5.54. The lowest BCUT2D eigenvalue weighted by molar-refractivity contribution is -0.384. The average molecular weight is 283 g/mol. The molecule has 9 heteroatoms. The summed E-state index contributed by atoms with van der Waals surface area (Å²) in [6.45, 7) is 1.23. The highest BCUT2D eigenvalue weighted by atomic mass is 16.6. The first kappa shape index (κ1) is 15.4. The number of urea groups is 1. The molecule has 2 atom stereocenters. The summed E-state index contributed by atoms with van der Waals surface area (Å²) in [4.78, 5) is 32.1. The number of benzene rings is 1. The summed E-state index contributed by atoms with van der Waals surface area (Å²) < 4.78 is 0. The van der Waals surface area contributed by atoms with Gasteiger partial charge in [-0.15, -0.1) is 0 Å². The van der Waals surface area contributed by atoms with Crippen LogP contribution in [0.2, 0.25) is 0 Å². The van der Waals surface area contributed by atoms with Crippen molar-refractivity contribution in [2.45, 2.75) is 19.1 Å². The molecule has 0 bridgehead atoms. The second-order valence-electron chi connectivity index (χ2n) is 3.96. The smallest absolute Gasteiger partial charge is 0.328 e. The molecule has 0 aromatic heterocycles. The number of aliphatic hydroxyl groups excluding tert-OH is 1. The number of carboxylic acids is 1. The van der Waals surface area contributed by atoms with Crippen molar-refractivity contribution >= 4 is 23.4 Å². The fourth-order valence-electron chi connectivity index (χ4n) is 1.36. The number of anilines is 1. The van der Waals surface area contributed by atoms with Crippen molar-refractivity contribution in [2.24, 2.45) is 0 Å². The molecular formula is C11H13N3O6. The third-order valence-electron chi connectivity index (χ3n) is 2.37. The largest absolute Gasteiger partial charge is 0.480 e. The third kappa shape index (κ3) is 4.21. The van der Waals surface area contributed by atoms with Crippen molar-refractivity contribution in [3.05, 3.63) is 34.4 Å². The van der Waals surface area contributed by atoms with Crippen LogP contribution in [0, 0.1) is 10.1 Å². The molecule has 0 saturated heterocycles. The quantitative estimate of drug-likeness (QED) is 0.459. The Hall–Kier alpha value is -2.68. The number of hydrogen-bond acceptors (Lipinski definition) is 5. The minimum Gasteiger partial charge on any atom is -0.480 e. The van der Waals surface area contributed by atoms with E-state index in [0.717, 1.165) is 0 Å². The molecular weight excluding hydrogens is 270 g/mol. The second kappa shape index (κ2) is 6.48. The number of non-ortho nitro benzene ring substituents is 1. The number of carboxylic acid groups (broad SMARTS) is 1. The lowest BCUT2D eigenvalue weighted by Gasteiger charge is -2.17. The molecule has 0 aliphatic heterocycles. The normalized spacial score (nSPS) is 13.1. The highest BCUT2D eigenvalue weighted by Crippen LogP contribution is 2.15. The van der Waals surface area contributed by atoms with Gasteiger partial charge in [0.1, 0.15) is 0 Å². The molecule has 1 rings (SSSR count). The van der Waals surface area contributed by atoms with Gasteiger partial charge in [0.15, 0.2) is 6.04 Å². The molecule has 2 amide bonds. The number of aliphatic hydroxyl groups is 1. The minimum absolute atomic E-state index is 0.136. The molecule has 0 aliphatic rings. The van der Waals surface area contributed by atoms with Crippen LogP contribution in [0.1, 0.15) is 6.92 Å². The highest BCUT2D eigenvalue weighted by Gasteiger charge is 2.24. The molecule has 1 aromatic carbocycles. The van der Waals surface area contributed by atoms with E-state index in [0.29, 0.717) is 0 Å². The zero-order valence-corrected chi connectivity index (χ0v) is 10.4. The Labute approximate surface area is 113 Å². The molecule has 0 saturated carbocycles. The first-order chi connectivity index (χ1) is 9.31. The van der Waals surface area contributed by atoms with E-state index in [4.69, 9.17) is 5.11 Å². The van der Waals surface area contributed by atoms with Crippen LogP contribution < -0.4 is 10.6 Å². The Balaban J connectivity index is 2.66. The van der Waals surface area contributed by atoms with E-state index in [1.165, 1.54) is 31.2 Å². The summed E-state index contributed by atoms with van der Waals surface area (Å²) in [5, 5.41) is 32.8. The van der Waals surface area contributed by atoms with Gasteiger partial charge in [0.05, 0.1) is 11.0 Å². The van der Waals surface area contributed by atoms with Gasteiger partial charge in [-0.25, -0.2) is 9.59 Å². The van der Waals surface area contributed by atoms with Gasteiger partial charge >= 0.3 is 12.0 Å². The molecule has 4 N–H and O–H groups in total. The van der Waals surface area contributed by atoms with Gasteiger partial charge in [-0.3, -0.25) is 10.1 Å². The Morgan fingerprint density at radius 2 is 1.85 bits per heavy atom. The number of amides is 2. The lowest BCUT2D eigenvalue weighted by atomic mass is 10.2. The van der Waals surface area contributed by atoms with Crippen LogP contribution in [0.4, 0.5) is 16.2 Å². The molecule has 0 radical (unpaired) electrons. The first-order valence-corrected chi connectivity index (χ1v) is 5.54. The number of hydrogen-bond donors (Lipinski definition) is 4. The monoisotopic (exact) mass is 283 g/mol. The zero-order valence-electron chi connectivity index (χ0n) is 10.4. The molecule has 0 aliphatic carbocycles. The van der Waals surface area contributed by atoms with Crippen molar-refractivity contribution in [1.29, 1.82) is 0 Å². The number of rotatable bonds is 5. The topological polar surface area (TPSA) is 142 Å². The van der Waals surface area contributed by atoms with Gasteiger partial charge in [0.25, 0.3) is 5.69 Å². The van der Waals surface area contributed by atoms with Crippen LogP contribution >= 0.6 is 0 Å². The molecule has 9 nitrogen and oxygen atoms in total. The molecule has 0 unspecified atom stereocenters. The summed E-state index contributed by atoms with van der Waals surface area (Å²) in [5.74, 6) is -1.38. The van der Waals surface area contributed by atoms with Crippen LogP contribution in [-0.2, 0) is 4.79 Å². The van der Waals surface area contributed by atoms with Gasteiger partial charge in [-0.2, -0.15) is 0 Å². The van der Waals surface area contributed by atoms with Crippen LogP contribution in [0.15, 0.2) is 24.3 Å². The summed E-state index contributed by atoms with van der Waals surface area (Å²) in [6.07, 6.45) is -1.27. The van der Waals surface area contributed by atoms with E-state index < -0.39 is 29.1 Å². The fraction of sp³-hybridized carbons (Fsp3) is 0.273. The maximum Gasteiger partial charge on any atom is 0.328 e. The predicted molar refractivity (Wildman–Crippen MR) is 68.4 cm³/mol. The number of nitrogens with one attached hydrogen (secondary N) is 2. The van der Waals surface area contributed by atoms with Gasteiger partial charge in [-0.05, 0) is 19.1 Å². The maximum absolute atomic E-state index is 11.5. The minimum atomic E-state index is -1.45. The standard InChI is InChI=1S/C11H13N3O6/c1-6(15)9(10(16)17)13-11(18)12-7-2-4-8(5-3-7)14(19)20/h2-6,9,15H,1H3,(H,16,17)(H2,12,13,18)/t6-,9+/m1/s1. The van der Waals surface area contributed by atoms with Gasteiger partial charge in [0.2, 0.25) is 0 Å². The fourth-order valence-corrected chi connectivity index (χ4v) is 1.36. The number of aliphatic carboxylic acids is 1. The van der Waals surface area contributed by atoms with Crippen LogP contribution in [0.3, 0.4) is 0 Å². The Bertz CT molecular complexity index is 513. The van der Waals surface area contributed by atoms with E-state index in [1.807, 2.05) is 0 Å². The molecule has 108 valence electrons. The van der Waals surface area contributed by atoms with E-state index in [-0.39, 0.29) is 11.4 Å². The summed E-state index contributed by atoms with van der Waals surface area (Å²) in [5.41, 5.74) is 0.117. The molecule has 0 fully saturated rings. The summed E-state index contributed by atoms with van der Waals surface area (Å²) in [7, 11) is 0. The number of nitro benzene ring substituents is 1. The molecule has 20 heavy (non-hydrogen) atoms. The summed E-state index contributed by atoms with van der Waals surface area (Å²) >= 11 is 0. The number of carbonyl (C=O) groups is 2. The van der Waals surface area contributed by atoms with Crippen molar-refractivity contribution in [1.82, 2.24) is 5.32 Å². The van der Waals surface area contributed by atoms with Crippen LogP contribution in [0.25, 0.3) is 0 Å². The van der Waals surface area contributed by atoms with Crippen molar-refractivity contribution < 1.29 is 24.7 Å². The lowest BCUT2D eigenvalue weighted by Crippen LogP contribution is -2.49. The van der Waals surface area contributed by atoms with E-state index in [1.54, 1.807) is 0 Å². The van der Waals surface area contributed by atoms with E-state index in [2.05, 4.69) is 10.6 Å². The van der Waals surface area contributed by atoms with Crippen molar-refractivity contribution in [3.63, 3.8) is 0 Å². The molecule has 0 heterocycles. The van der Waals surface area contributed by atoms with Gasteiger partial charge in [0, 0.05) is 17.8 Å². The van der Waals surface area contributed by atoms with Gasteiger partial charge < -0.3 is 20.8 Å². The number of nitrogens with zero attached hydrogens (tertiary/aromatic N) is 1. The Morgan fingerprint density at radius 1 is 1.30 bits per heavy atom. The average Bonchev–Trinajstić information content (AvgIpc) is 2.35.